The Morgan fingerprint density at radius 2 is 2.17 bits per heavy atom. The third-order valence-corrected chi connectivity index (χ3v) is 5.57. The van der Waals surface area contributed by atoms with E-state index in [0.29, 0.717) is 24.8 Å². The van der Waals surface area contributed by atoms with Gasteiger partial charge in [-0.05, 0) is 36.5 Å². The van der Waals surface area contributed by atoms with E-state index in [0.717, 1.165) is 25.1 Å². The van der Waals surface area contributed by atoms with Crippen molar-refractivity contribution in [3.63, 3.8) is 0 Å². The molecule has 1 unspecified atom stereocenters. The molecule has 0 radical (unpaired) electrons. The number of aromatic nitrogens is 1. The highest BCUT2D eigenvalue weighted by molar-refractivity contribution is 5.91. The van der Waals surface area contributed by atoms with Crippen LogP contribution in [0.4, 0.5) is 10.1 Å². The first kappa shape index (κ1) is 15.2. The smallest absolute Gasteiger partial charge is 0.292 e. The Labute approximate surface area is 139 Å². The fourth-order valence-corrected chi connectivity index (χ4v) is 4.10. The Balaban J connectivity index is 1.48. The molecular formula is C18H20FN3O2. The molecule has 1 aromatic carbocycles. The summed E-state index contributed by atoms with van der Waals surface area (Å²) in [5.41, 5.74) is 2.06. The Bertz CT molecular complexity index is 754. The van der Waals surface area contributed by atoms with Crippen molar-refractivity contribution in [3.05, 3.63) is 47.6 Å². The van der Waals surface area contributed by atoms with Gasteiger partial charge in [0.1, 0.15) is 5.82 Å². The lowest BCUT2D eigenvalue weighted by molar-refractivity contribution is 0.0610. The lowest BCUT2D eigenvalue weighted by Gasteiger charge is -2.40. The maximum absolute atomic E-state index is 13.4. The van der Waals surface area contributed by atoms with E-state index >= 15 is 0 Å². The molecule has 24 heavy (non-hydrogen) atoms. The molecule has 2 aliphatic heterocycles. The van der Waals surface area contributed by atoms with Crippen molar-refractivity contribution in [2.75, 3.05) is 25.0 Å². The molecule has 126 valence electrons. The number of nitrogens with zero attached hydrogens (tertiary/aromatic N) is 2. The van der Waals surface area contributed by atoms with Crippen LogP contribution in [0.3, 0.4) is 0 Å². The number of hydrogen-bond donors (Lipinski definition) is 1. The lowest BCUT2D eigenvalue weighted by atomic mass is 9.69. The average Bonchev–Trinajstić information content (AvgIpc) is 3.24. The summed E-state index contributed by atoms with van der Waals surface area (Å²) in [5.74, 6) is 0.444. The number of benzene rings is 1. The topological polar surface area (TPSA) is 58.4 Å². The SMILES string of the molecule is CC1(C2CCN(C(=O)c3ccno3)CC2)CNc2cc(F)ccc21. The number of amides is 1. The standard InChI is InChI=1S/C18H20FN3O2/c1-18(11-20-15-10-13(19)2-3-14(15)18)12-5-8-22(9-6-12)17(23)16-4-7-21-24-16/h2-4,7,10,12,20H,5-6,8-9,11H2,1H3. The van der Waals surface area contributed by atoms with E-state index in [-0.39, 0.29) is 17.1 Å². The van der Waals surface area contributed by atoms with Gasteiger partial charge in [0.2, 0.25) is 5.76 Å². The van der Waals surface area contributed by atoms with E-state index in [1.807, 2.05) is 11.0 Å². The van der Waals surface area contributed by atoms with Gasteiger partial charge in [0.15, 0.2) is 0 Å². The van der Waals surface area contributed by atoms with Crippen molar-refractivity contribution in [2.45, 2.75) is 25.2 Å². The summed E-state index contributed by atoms with van der Waals surface area (Å²) in [7, 11) is 0. The van der Waals surface area contributed by atoms with Crippen molar-refractivity contribution in [2.24, 2.45) is 5.92 Å². The fourth-order valence-electron chi connectivity index (χ4n) is 4.10. The molecule has 1 fully saturated rings. The molecule has 3 heterocycles. The molecule has 6 heteroatoms. The number of hydrogen-bond acceptors (Lipinski definition) is 4. The predicted octanol–water partition coefficient (Wildman–Crippen LogP) is 3.05. The molecule has 0 saturated carbocycles. The highest BCUT2D eigenvalue weighted by Crippen LogP contribution is 2.45. The molecule has 2 aliphatic rings. The number of rotatable bonds is 2. The maximum atomic E-state index is 13.4. The first-order valence-corrected chi connectivity index (χ1v) is 8.32. The van der Waals surface area contributed by atoms with E-state index in [1.54, 1.807) is 12.1 Å². The number of likely N-dealkylation sites (tertiary alicyclic amines) is 1. The van der Waals surface area contributed by atoms with Crippen molar-refractivity contribution in [1.82, 2.24) is 10.1 Å². The first-order valence-electron chi connectivity index (χ1n) is 8.32. The number of fused-ring (bicyclic) bond motifs is 1. The van der Waals surface area contributed by atoms with Crippen LogP contribution >= 0.6 is 0 Å². The molecule has 0 bridgehead atoms. The van der Waals surface area contributed by atoms with Gasteiger partial charge < -0.3 is 14.7 Å². The highest BCUT2D eigenvalue weighted by Gasteiger charge is 2.43. The van der Waals surface area contributed by atoms with Crippen LogP contribution in [0, 0.1) is 11.7 Å². The van der Waals surface area contributed by atoms with Crippen LogP contribution in [-0.4, -0.2) is 35.6 Å². The summed E-state index contributed by atoms with van der Waals surface area (Å²) in [4.78, 5) is 14.2. The quantitative estimate of drug-likeness (QED) is 0.920. The zero-order valence-electron chi connectivity index (χ0n) is 13.6. The van der Waals surface area contributed by atoms with Gasteiger partial charge in [0, 0.05) is 36.8 Å². The summed E-state index contributed by atoms with van der Waals surface area (Å²) in [6.45, 7) is 4.46. The Morgan fingerprint density at radius 1 is 1.38 bits per heavy atom. The van der Waals surface area contributed by atoms with E-state index < -0.39 is 0 Å². The zero-order valence-corrected chi connectivity index (χ0v) is 13.6. The normalized spacial score (nSPS) is 23.8. The molecule has 0 aliphatic carbocycles. The molecule has 0 spiro atoms. The molecule has 4 rings (SSSR count). The van der Waals surface area contributed by atoms with Crippen LogP contribution in [0.25, 0.3) is 0 Å². The molecule has 1 amide bonds. The summed E-state index contributed by atoms with van der Waals surface area (Å²) < 4.78 is 18.4. The lowest BCUT2D eigenvalue weighted by Crippen LogP contribution is -2.45. The van der Waals surface area contributed by atoms with Gasteiger partial charge in [0.25, 0.3) is 5.91 Å². The van der Waals surface area contributed by atoms with Gasteiger partial charge in [-0.2, -0.15) is 0 Å². The molecule has 5 nitrogen and oxygen atoms in total. The summed E-state index contributed by atoms with van der Waals surface area (Å²) in [6.07, 6.45) is 3.34. The van der Waals surface area contributed by atoms with Gasteiger partial charge in [-0.3, -0.25) is 4.79 Å². The number of nitrogens with one attached hydrogen (secondary N) is 1. The first-order chi connectivity index (χ1) is 11.6. The molecule has 1 saturated heterocycles. The second kappa shape index (κ2) is 5.61. The molecule has 2 aromatic rings. The number of carbonyl (C=O) groups is 1. The van der Waals surface area contributed by atoms with Crippen LogP contribution in [-0.2, 0) is 5.41 Å². The number of carbonyl (C=O) groups excluding carboxylic acids is 1. The average molecular weight is 329 g/mol. The van der Waals surface area contributed by atoms with Crippen molar-refractivity contribution < 1.29 is 13.7 Å². The maximum Gasteiger partial charge on any atom is 0.292 e. The molecular weight excluding hydrogens is 309 g/mol. The van der Waals surface area contributed by atoms with Crippen molar-refractivity contribution in [1.29, 1.82) is 0 Å². The third kappa shape index (κ3) is 2.37. The van der Waals surface area contributed by atoms with Gasteiger partial charge in [-0.15, -0.1) is 0 Å². The van der Waals surface area contributed by atoms with E-state index in [4.69, 9.17) is 4.52 Å². The minimum atomic E-state index is -0.210. The minimum Gasteiger partial charge on any atom is -0.384 e. The Hall–Kier alpha value is -2.37. The van der Waals surface area contributed by atoms with Crippen LogP contribution in [0.15, 0.2) is 35.0 Å². The van der Waals surface area contributed by atoms with E-state index in [1.165, 1.54) is 17.8 Å². The third-order valence-electron chi connectivity index (χ3n) is 5.57. The van der Waals surface area contributed by atoms with Crippen LogP contribution < -0.4 is 5.32 Å². The largest absolute Gasteiger partial charge is 0.384 e. The predicted molar refractivity (Wildman–Crippen MR) is 87.4 cm³/mol. The summed E-state index contributed by atoms with van der Waals surface area (Å²) in [6, 6.07) is 6.61. The van der Waals surface area contributed by atoms with E-state index in [2.05, 4.69) is 17.4 Å². The fraction of sp³-hybridized carbons (Fsp3) is 0.444. The van der Waals surface area contributed by atoms with E-state index in [9.17, 15) is 9.18 Å². The highest BCUT2D eigenvalue weighted by atomic mass is 19.1. The van der Waals surface area contributed by atoms with Gasteiger partial charge >= 0.3 is 0 Å². The number of anilines is 1. The summed E-state index contributed by atoms with van der Waals surface area (Å²) in [5, 5.41) is 6.94. The van der Waals surface area contributed by atoms with Gasteiger partial charge in [-0.1, -0.05) is 18.1 Å². The minimum absolute atomic E-state index is 0.0234. The van der Waals surface area contributed by atoms with Crippen molar-refractivity contribution in [3.8, 4) is 0 Å². The summed E-state index contributed by atoms with van der Waals surface area (Å²) >= 11 is 0. The van der Waals surface area contributed by atoms with Crippen LogP contribution in [0.2, 0.25) is 0 Å². The van der Waals surface area contributed by atoms with Crippen LogP contribution in [0.1, 0.15) is 35.9 Å². The molecule has 1 atom stereocenters. The molecule has 1 aromatic heterocycles. The zero-order chi connectivity index (χ0) is 16.7. The number of piperidine rings is 1. The van der Waals surface area contributed by atoms with Gasteiger partial charge in [-0.25, -0.2) is 4.39 Å². The Morgan fingerprint density at radius 3 is 2.88 bits per heavy atom. The van der Waals surface area contributed by atoms with Crippen LogP contribution in [0.5, 0.6) is 0 Å². The second-order valence-electron chi connectivity index (χ2n) is 6.90. The number of halogens is 1. The van der Waals surface area contributed by atoms with Crippen molar-refractivity contribution >= 4 is 11.6 Å². The van der Waals surface area contributed by atoms with Gasteiger partial charge in [0.05, 0.1) is 6.20 Å². The monoisotopic (exact) mass is 329 g/mol. The second-order valence-corrected chi connectivity index (χ2v) is 6.90. The molecule has 1 N–H and O–H groups in total. The Kier molecular flexibility index (Phi) is 3.55.